The van der Waals surface area contributed by atoms with E-state index in [4.69, 9.17) is 5.73 Å². The molecule has 2 aromatic heterocycles. The van der Waals surface area contributed by atoms with Crippen molar-refractivity contribution in [1.82, 2.24) is 19.3 Å². The van der Waals surface area contributed by atoms with Crippen molar-refractivity contribution in [2.24, 2.45) is 5.73 Å². The van der Waals surface area contributed by atoms with Crippen LogP contribution >= 0.6 is 12.4 Å². The molecule has 0 radical (unpaired) electrons. The topological polar surface area (TPSA) is 59.5 Å². The van der Waals surface area contributed by atoms with E-state index in [0.29, 0.717) is 6.54 Å². The quantitative estimate of drug-likeness (QED) is 0.720. The highest BCUT2D eigenvalue weighted by Crippen LogP contribution is 2.09. The molecule has 2 N–H and O–H groups in total. The number of nitrogens with zero attached hydrogens (tertiary/aromatic N) is 4. The minimum absolute atomic E-state index is 0. The molecular weight excluding hydrogens is 310 g/mol. The van der Waals surface area contributed by atoms with E-state index < -0.39 is 0 Å². The maximum absolute atomic E-state index is 5.77. The van der Waals surface area contributed by atoms with Gasteiger partial charge in [0.25, 0.3) is 0 Å². The fourth-order valence-electron chi connectivity index (χ4n) is 2.63. The molecule has 1 aromatic carbocycles. The number of hydrogen-bond acceptors (Lipinski definition) is 4. The molecule has 0 fully saturated rings. The number of nitrogens with two attached hydrogens (primary N) is 1. The van der Waals surface area contributed by atoms with Crippen LogP contribution in [0.25, 0.3) is 5.65 Å². The molecule has 0 saturated carbocycles. The second kappa shape index (κ2) is 8.62. The summed E-state index contributed by atoms with van der Waals surface area (Å²) in [6, 6.07) is 10.6. The summed E-state index contributed by atoms with van der Waals surface area (Å²) in [7, 11) is 0. The van der Waals surface area contributed by atoms with Crippen LogP contribution in [0.1, 0.15) is 11.3 Å². The number of fused-ring (bicyclic) bond motifs is 1. The molecule has 0 saturated heterocycles. The highest BCUT2D eigenvalue weighted by Gasteiger charge is 2.09. The van der Waals surface area contributed by atoms with Gasteiger partial charge < -0.3 is 5.73 Å². The van der Waals surface area contributed by atoms with Gasteiger partial charge in [-0.1, -0.05) is 30.3 Å². The predicted octanol–water partition coefficient (Wildman–Crippen LogP) is 2.15. The van der Waals surface area contributed by atoms with E-state index in [2.05, 4.69) is 43.5 Å². The molecule has 3 rings (SSSR count). The van der Waals surface area contributed by atoms with Crippen molar-refractivity contribution >= 4 is 18.1 Å². The Hall–Kier alpha value is -1.95. The lowest BCUT2D eigenvalue weighted by Crippen LogP contribution is -2.31. The Balaban J connectivity index is 0.00000192. The van der Waals surface area contributed by atoms with Crippen LogP contribution in [0.4, 0.5) is 0 Å². The molecule has 0 spiro atoms. The zero-order valence-corrected chi connectivity index (χ0v) is 13.8. The van der Waals surface area contributed by atoms with E-state index >= 15 is 0 Å². The van der Waals surface area contributed by atoms with E-state index in [9.17, 15) is 0 Å². The van der Waals surface area contributed by atoms with Crippen LogP contribution in [0.3, 0.4) is 0 Å². The summed E-state index contributed by atoms with van der Waals surface area (Å²) in [6.07, 6.45) is 8.47. The first-order valence-corrected chi connectivity index (χ1v) is 7.59. The SMILES string of the molecule is Cl.NCCN(CCc1ccccc1)Cc1cnc2cnccn12. The van der Waals surface area contributed by atoms with Gasteiger partial charge in [0.05, 0.1) is 18.1 Å². The zero-order valence-electron chi connectivity index (χ0n) is 13.0. The number of hydrogen-bond donors (Lipinski definition) is 1. The Bertz CT molecular complexity index is 713. The third kappa shape index (κ3) is 4.51. The third-order valence-corrected chi connectivity index (χ3v) is 3.78. The Morgan fingerprint density at radius 3 is 2.70 bits per heavy atom. The lowest BCUT2D eigenvalue weighted by atomic mass is 10.1. The molecule has 3 aromatic rings. The molecule has 0 atom stereocenters. The molecule has 5 nitrogen and oxygen atoms in total. The molecule has 0 aliphatic carbocycles. The van der Waals surface area contributed by atoms with Gasteiger partial charge in [0.2, 0.25) is 0 Å². The zero-order chi connectivity index (χ0) is 15.2. The summed E-state index contributed by atoms with van der Waals surface area (Å²) in [5.74, 6) is 0. The van der Waals surface area contributed by atoms with Gasteiger partial charge in [-0.15, -0.1) is 12.4 Å². The molecule has 2 heterocycles. The summed E-state index contributed by atoms with van der Waals surface area (Å²) in [4.78, 5) is 10.9. The molecule has 0 amide bonds. The fourth-order valence-corrected chi connectivity index (χ4v) is 2.63. The van der Waals surface area contributed by atoms with Crippen LogP contribution in [0, 0.1) is 0 Å². The molecule has 122 valence electrons. The number of benzene rings is 1. The van der Waals surface area contributed by atoms with Crippen LogP contribution in [0.15, 0.2) is 55.1 Å². The second-order valence-electron chi connectivity index (χ2n) is 5.35. The van der Waals surface area contributed by atoms with Gasteiger partial charge in [-0.2, -0.15) is 0 Å². The largest absolute Gasteiger partial charge is 0.329 e. The Morgan fingerprint density at radius 2 is 1.91 bits per heavy atom. The fraction of sp³-hybridized carbons (Fsp3) is 0.294. The van der Waals surface area contributed by atoms with E-state index in [1.165, 1.54) is 11.3 Å². The monoisotopic (exact) mass is 331 g/mol. The smallest absolute Gasteiger partial charge is 0.155 e. The molecule has 0 aliphatic heterocycles. The van der Waals surface area contributed by atoms with Crippen LogP contribution < -0.4 is 5.73 Å². The van der Waals surface area contributed by atoms with E-state index in [0.717, 1.165) is 31.7 Å². The first-order chi connectivity index (χ1) is 10.9. The van der Waals surface area contributed by atoms with Gasteiger partial charge in [-0.05, 0) is 12.0 Å². The van der Waals surface area contributed by atoms with Crippen molar-refractivity contribution in [3.63, 3.8) is 0 Å². The number of rotatable bonds is 7. The number of aromatic nitrogens is 3. The first-order valence-electron chi connectivity index (χ1n) is 7.59. The lowest BCUT2D eigenvalue weighted by Gasteiger charge is -2.21. The van der Waals surface area contributed by atoms with E-state index in [-0.39, 0.29) is 12.4 Å². The second-order valence-corrected chi connectivity index (χ2v) is 5.35. The number of halogens is 1. The van der Waals surface area contributed by atoms with Crippen LogP contribution in [0.2, 0.25) is 0 Å². The van der Waals surface area contributed by atoms with Crippen LogP contribution in [-0.4, -0.2) is 38.9 Å². The van der Waals surface area contributed by atoms with Gasteiger partial charge in [0.15, 0.2) is 5.65 Å². The summed E-state index contributed by atoms with van der Waals surface area (Å²) in [5.41, 5.74) is 9.17. The minimum Gasteiger partial charge on any atom is -0.329 e. The average molecular weight is 332 g/mol. The van der Waals surface area contributed by atoms with E-state index in [1.807, 2.05) is 18.5 Å². The summed E-state index contributed by atoms with van der Waals surface area (Å²) < 4.78 is 2.08. The highest BCUT2D eigenvalue weighted by molar-refractivity contribution is 5.85. The van der Waals surface area contributed by atoms with Gasteiger partial charge in [0.1, 0.15) is 0 Å². The molecule has 6 heteroatoms. The van der Waals surface area contributed by atoms with Gasteiger partial charge >= 0.3 is 0 Å². The van der Waals surface area contributed by atoms with Crippen LogP contribution in [-0.2, 0) is 13.0 Å². The standard InChI is InChI=1S/C17H21N5.ClH/c18-7-10-21(9-6-15-4-2-1-3-5-15)14-16-12-20-17-13-19-8-11-22(16)17;/h1-5,8,11-13H,6-7,9-10,14,18H2;1H. The summed E-state index contributed by atoms with van der Waals surface area (Å²) in [5, 5.41) is 0. The minimum atomic E-state index is 0. The van der Waals surface area contributed by atoms with Crippen molar-refractivity contribution in [2.45, 2.75) is 13.0 Å². The van der Waals surface area contributed by atoms with E-state index in [1.54, 1.807) is 12.4 Å². The maximum Gasteiger partial charge on any atom is 0.155 e. The third-order valence-electron chi connectivity index (χ3n) is 3.78. The Kier molecular flexibility index (Phi) is 6.52. The maximum atomic E-state index is 5.77. The van der Waals surface area contributed by atoms with Gasteiger partial charge in [-0.25, -0.2) is 4.98 Å². The summed E-state index contributed by atoms with van der Waals surface area (Å²) >= 11 is 0. The molecule has 0 unspecified atom stereocenters. The molecule has 0 aliphatic rings. The van der Waals surface area contributed by atoms with Crippen molar-refractivity contribution in [2.75, 3.05) is 19.6 Å². The number of imidazole rings is 1. The molecular formula is C17H22ClN5. The average Bonchev–Trinajstić information content (AvgIpc) is 2.97. The normalized spacial score (nSPS) is 10.9. The predicted molar refractivity (Wildman–Crippen MR) is 94.7 cm³/mol. The van der Waals surface area contributed by atoms with Gasteiger partial charge in [-0.3, -0.25) is 14.3 Å². The first kappa shape index (κ1) is 17.4. The highest BCUT2D eigenvalue weighted by atomic mass is 35.5. The summed E-state index contributed by atoms with van der Waals surface area (Å²) in [6.45, 7) is 3.37. The van der Waals surface area contributed by atoms with Crippen LogP contribution in [0.5, 0.6) is 0 Å². The van der Waals surface area contributed by atoms with Gasteiger partial charge in [0, 0.05) is 38.6 Å². The van der Waals surface area contributed by atoms with Crippen molar-refractivity contribution in [1.29, 1.82) is 0 Å². The molecule has 0 bridgehead atoms. The van der Waals surface area contributed by atoms with Crippen molar-refractivity contribution < 1.29 is 0 Å². The van der Waals surface area contributed by atoms with Crippen molar-refractivity contribution in [3.8, 4) is 0 Å². The Labute approximate surface area is 142 Å². The van der Waals surface area contributed by atoms with Crippen molar-refractivity contribution in [3.05, 3.63) is 66.4 Å². The molecule has 23 heavy (non-hydrogen) atoms. The Morgan fingerprint density at radius 1 is 1.09 bits per heavy atom. The lowest BCUT2D eigenvalue weighted by molar-refractivity contribution is 0.272.